The van der Waals surface area contributed by atoms with Crippen LogP contribution in [-0.2, 0) is 0 Å². The van der Waals surface area contributed by atoms with E-state index in [-0.39, 0.29) is 24.0 Å². The lowest BCUT2D eigenvalue weighted by atomic mass is 10.2. The van der Waals surface area contributed by atoms with Gasteiger partial charge in [-0.15, -0.1) is 11.3 Å². The SMILES string of the molecule is COc1ccc(N2CC(O)=C(c3nc(-c4ccc(F)cc4)cs3)C2=N)cc1. The van der Waals surface area contributed by atoms with Crippen LogP contribution in [0.1, 0.15) is 5.01 Å². The molecule has 0 saturated heterocycles. The van der Waals surface area contributed by atoms with E-state index >= 15 is 0 Å². The van der Waals surface area contributed by atoms with Crippen LogP contribution < -0.4 is 9.64 Å². The third-order valence-corrected chi connectivity index (χ3v) is 5.21. The second-order valence-corrected chi connectivity index (χ2v) is 6.86. The fourth-order valence-corrected chi connectivity index (χ4v) is 3.82. The van der Waals surface area contributed by atoms with Gasteiger partial charge in [0.15, 0.2) is 0 Å². The van der Waals surface area contributed by atoms with Gasteiger partial charge in [-0.1, -0.05) is 0 Å². The van der Waals surface area contributed by atoms with E-state index in [4.69, 9.17) is 10.1 Å². The van der Waals surface area contributed by atoms with Crippen LogP contribution in [0.3, 0.4) is 0 Å². The summed E-state index contributed by atoms with van der Waals surface area (Å²) < 4.78 is 18.3. The number of nitrogens with zero attached hydrogens (tertiary/aromatic N) is 2. The van der Waals surface area contributed by atoms with Gasteiger partial charge < -0.3 is 14.7 Å². The van der Waals surface area contributed by atoms with Crippen LogP contribution in [0.25, 0.3) is 16.8 Å². The Hall–Kier alpha value is -3.19. The van der Waals surface area contributed by atoms with Crippen molar-refractivity contribution < 1.29 is 14.2 Å². The van der Waals surface area contributed by atoms with E-state index in [1.165, 1.54) is 23.5 Å². The van der Waals surface area contributed by atoms with Crippen LogP contribution in [0, 0.1) is 11.2 Å². The number of amidine groups is 1. The van der Waals surface area contributed by atoms with E-state index in [1.54, 1.807) is 24.1 Å². The van der Waals surface area contributed by atoms with Crippen LogP contribution >= 0.6 is 11.3 Å². The minimum Gasteiger partial charge on any atom is -0.510 e. The average molecular weight is 381 g/mol. The molecule has 1 aliphatic rings. The predicted molar refractivity (Wildman–Crippen MR) is 105 cm³/mol. The van der Waals surface area contributed by atoms with Gasteiger partial charge in [0.2, 0.25) is 0 Å². The molecule has 0 bridgehead atoms. The van der Waals surface area contributed by atoms with E-state index in [2.05, 4.69) is 4.98 Å². The zero-order valence-corrected chi connectivity index (χ0v) is 15.3. The number of aromatic nitrogens is 1. The summed E-state index contributed by atoms with van der Waals surface area (Å²) in [5.74, 6) is 0.724. The number of aliphatic hydroxyl groups is 1. The lowest BCUT2D eigenvalue weighted by Gasteiger charge is -2.18. The van der Waals surface area contributed by atoms with Crippen LogP contribution in [0.4, 0.5) is 10.1 Å². The summed E-state index contributed by atoms with van der Waals surface area (Å²) in [4.78, 5) is 6.25. The molecule has 0 fully saturated rings. The largest absolute Gasteiger partial charge is 0.510 e. The lowest BCUT2D eigenvalue weighted by Crippen LogP contribution is -2.25. The van der Waals surface area contributed by atoms with Gasteiger partial charge in [0.1, 0.15) is 28.2 Å². The molecule has 3 aromatic rings. The maximum Gasteiger partial charge on any atom is 0.139 e. The van der Waals surface area contributed by atoms with Crippen molar-refractivity contribution in [3.63, 3.8) is 0 Å². The van der Waals surface area contributed by atoms with Crippen molar-refractivity contribution >= 4 is 28.4 Å². The molecule has 0 aliphatic carbocycles. The van der Waals surface area contributed by atoms with Gasteiger partial charge in [0.05, 0.1) is 24.9 Å². The predicted octanol–water partition coefficient (Wildman–Crippen LogP) is 4.72. The summed E-state index contributed by atoms with van der Waals surface area (Å²) in [6.07, 6.45) is 0. The zero-order chi connectivity index (χ0) is 19.0. The first-order valence-corrected chi connectivity index (χ1v) is 9.09. The first-order chi connectivity index (χ1) is 13.1. The Balaban J connectivity index is 1.61. The monoisotopic (exact) mass is 381 g/mol. The van der Waals surface area contributed by atoms with Gasteiger partial charge in [0, 0.05) is 16.6 Å². The molecule has 0 saturated carbocycles. The van der Waals surface area contributed by atoms with E-state index in [0.717, 1.165) is 17.0 Å². The molecule has 27 heavy (non-hydrogen) atoms. The van der Waals surface area contributed by atoms with Gasteiger partial charge in [-0.25, -0.2) is 9.37 Å². The third-order valence-electron chi connectivity index (χ3n) is 4.35. The van der Waals surface area contributed by atoms with E-state index in [1.807, 2.05) is 29.6 Å². The summed E-state index contributed by atoms with van der Waals surface area (Å²) in [5, 5.41) is 21.4. The van der Waals surface area contributed by atoms with Gasteiger partial charge in [-0.05, 0) is 48.5 Å². The topological polar surface area (TPSA) is 69.4 Å². The number of anilines is 1. The number of hydrogen-bond donors (Lipinski definition) is 2. The standard InChI is InChI=1S/C20H16FN3O2S/c1-26-15-8-6-14(7-9-15)24-10-17(25)18(19(24)22)20-23-16(11-27-20)12-2-4-13(21)5-3-12/h2-9,11,22,25H,10H2,1H3. The molecule has 4 rings (SSSR count). The molecule has 0 unspecified atom stereocenters. The number of nitrogens with one attached hydrogen (secondary N) is 1. The highest BCUT2D eigenvalue weighted by Gasteiger charge is 2.31. The molecule has 2 N–H and O–H groups in total. The Kier molecular flexibility index (Phi) is 4.37. The van der Waals surface area contributed by atoms with Crippen molar-refractivity contribution in [3.8, 4) is 17.0 Å². The number of benzene rings is 2. The Morgan fingerprint density at radius 2 is 1.85 bits per heavy atom. The van der Waals surface area contributed by atoms with Gasteiger partial charge >= 0.3 is 0 Å². The first-order valence-electron chi connectivity index (χ1n) is 8.21. The zero-order valence-electron chi connectivity index (χ0n) is 14.4. The molecule has 0 radical (unpaired) electrons. The van der Waals surface area contributed by atoms with Crippen molar-refractivity contribution in [2.75, 3.05) is 18.6 Å². The molecule has 0 spiro atoms. The van der Waals surface area contributed by atoms with Crippen LogP contribution in [-0.4, -0.2) is 29.6 Å². The smallest absolute Gasteiger partial charge is 0.139 e. The highest BCUT2D eigenvalue weighted by Crippen LogP contribution is 2.34. The molecule has 0 amide bonds. The van der Waals surface area contributed by atoms with Crippen molar-refractivity contribution in [3.05, 3.63) is 70.5 Å². The summed E-state index contributed by atoms with van der Waals surface area (Å²) in [6, 6.07) is 13.4. The van der Waals surface area contributed by atoms with Gasteiger partial charge in [-0.3, -0.25) is 5.41 Å². The Labute approximate surface area is 159 Å². The molecule has 2 heterocycles. The van der Waals surface area contributed by atoms with Gasteiger partial charge in [0.25, 0.3) is 0 Å². The number of hydrogen-bond acceptors (Lipinski definition) is 5. The first kappa shape index (κ1) is 17.2. The molecule has 0 atom stereocenters. The number of methoxy groups -OCH3 is 1. The molecular formula is C20H16FN3O2S. The summed E-state index contributed by atoms with van der Waals surface area (Å²) in [7, 11) is 1.60. The third kappa shape index (κ3) is 3.17. The minimum absolute atomic E-state index is 0.107. The van der Waals surface area contributed by atoms with E-state index in [0.29, 0.717) is 16.3 Å². The highest BCUT2D eigenvalue weighted by atomic mass is 32.1. The molecule has 7 heteroatoms. The maximum atomic E-state index is 13.1. The Morgan fingerprint density at radius 1 is 1.15 bits per heavy atom. The Morgan fingerprint density at radius 3 is 2.52 bits per heavy atom. The summed E-state index contributed by atoms with van der Waals surface area (Å²) >= 11 is 1.35. The van der Waals surface area contributed by atoms with Crippen LogP contribution in [0.2, 0.25) is 0 Å². The van der Waals surface area contributed by atoms with Crippen molar-refractivity contribution in [2.45, 2.75) is 0 Å². The van der Waals surface area contributed by atoms with Crippen molar-refractivity contribution in [2.24, 2.45) is 0 Å². The van der Waals surface area contributed by atoms with Gasteiger partial charge in [-0.2, -0.15) is 0 Å². The van der Waals surface area contributed by atoms with Crippen LogP contribution in [0.5, 0.6) is 5.75 Å². The Bertz CT molecular complexity index is 1030. The summed E-state index contributed by atoms with van der Waals surface area (Å²) in [5.41, 5.74) is 2.68. The average Bonchev–Trinajstić information content (AvgIpc) is 3.27. The molecular weight excluding hydrogens is 365 g/mol. The minimum atomic E-state index is -0.303. The number of ether oxygens (including phenoxy) is 1. The summed E-state index contributed by atoms with van der Waals surface area (Å²) in [6.45, 7) is 0.214. The van der Waals surface area contributed by atoms with Crippen LogP contribution in [0.15, 0.2) is 59.7 Å². The lowest BCUT2D eigenvalue weighted by molar-refractivity contribution is 0.411. The fourth-order valence-electron chi connectivity index (χ4n) is 2.93. The number of thiazole rings is 1. The quantitative estimate of drug-likeness (QED) is 0.686. The second kappa shape index (κ2) is 6.85. The van der Waals surface area contributed by atoms with E-state index in [9.17, 15) is 9.50 Å². The maximum absolute atomic E-state index is 13.1. The molecule has 5 nitrogen and oxygen atoms in total. The molecule has 2 aromatic carbocycles. The van der Waals surface area contributed by atoms with Crippen molar-refractivity contribution in [1.29, 1.82) is 5.41 Å². The second-order valence-electron chi connectivity index (χ2n) is 6.00. The molecule has 136 valence electrons. The number of rotatable bonds is 4. The highest BCUT2D eigenvalue weighted by molar-refractivity contribution is 7.11. The fraction of sp³-hybridized carbons (Fsp3) is 0.100. The number of aliphatic hydroxyl groups excluding tert-OH is 1. The normalized spacial score (nSPS) is 14.1. The van der Waals surface area contributed by atoms with Crippen molar-refractivity contribution in [1.82, 2.24) is 4.98 Å². The molecule has 1 aromatic heterocycles. The van der Waals surface area contributed by atoms with E-state index < -0.39 is 0 Å². The molecule has 1 aliphatic heterocycles. The number of halogens is 1.